The smallest absolute Gasteiger partial charge is 0.257 e. The molecule has 3 amide bonds. The Morgan fingerprint density at radius 2 is 1.48 bits per heavy atom. The Morgan fingerprint density at radius 3 is 2.18 bits per heavy atom. The molecule has 1 aliphatic carbocycles. The standard InChI is InChI=1S/C31H20Cl5F2N3O3/c32-19-9-7-17(39-30(44)26-25(31(26,35)36)16-6-8-20(33)21(34)13-16)14-18(19)29(43)40-23-11-10-22(37)28(27(23)38)41-24(42)12-15-4-2-1-3-5-15/h1-11,13-14,25-26H,12H2,(H,39,44)(H,40,43)(H,41,42)/t25-,26?/m0/s1. The number of alkyl halides is 2. The van der Waals surface area contributed by atoms with Crippen molar-refractivity contribution in [2.75, 3.05) is 16.0 Å². The minimum absolute atomic E-state index is 0.0106. The molecule has 4 aromatic rings. The van der Waals surface area contributed by atoms with Gasteiger partial charge in [-0.15, -0.1) is 23.2 Å². The zero-order valence-corrected chi connectivity index (χ0v) is 26.0. The fourth-order valence-corrected chi connectivity index (χ4v) is 6.03. The van der Waals surface area contributed by atoms with Gasteiger partial charge in [0, 0.05) is 11.6 Å². The molecule has 0 bridgehead atoms. The largest absolute Gasteiger partial charge is 0.326 e. The summed E-state index contributed by atoms with van der Waals surface area (Å²) >= 11 is 31.2. The van der Waals surface area contributed by atoms with Gasteiger partial charge in [0.25, 0.3) is 5.91 Å². The molecule has 0 aromatic heterocycles. The van der Waals surface area contributed by atoms with E-state index in [1.165, 1.54) is 18.2 Å². The van der Waals surface area contributed by atoms with Crippen molar-refractivity contribution in [2.45, 2.75) is 16.7 Å². The monoisotopic (exact) mass is 695 g/mol. The molecule has 0 radical (unpaired) electrons. The van der Waals surface area contributed by atoms with Crippen LogP contribution in [0, 0.1) is 17.6 Å². The fourth-order valence-electron chi connectivity index (χ4n) is 4.69. The predicted molar refractivity (Wildman–Crippen MR) is 170 cm³/mol. The molecule has 5 rings (SSSR count). The van der Waals surface area contributed by atoms with Gasteiger partial charge in [0.15, 0.2) is 5.82 Å². The molecule has 13 heteroatoms. The van der Waals surface area contributed by atoms with E-state index in [2.05, 4.69) is 16.0 Å². The zero-order valence-electron chi connectivity index (χ0n) is 22.2. The van der Waals surface area contributed by atoms with Crippen LogP contribution in [0.5, 0.6) is 0 Å². The molecule has 1 unspecified atom stereocenters. The highest BCUT2D eigenvalue weighted by molar-refractivity contribution is 6.53. The number of carbonyl (C=O) groups excluding carboxylic acids is 3. The fraction of sp³-hybridized carbons (Fsp3) is 0.129. The van der Waals surface area contributed by atoms with Crippen LogP contribution in [-0.2, 0) is 16.0 Å². The summed E-state index contributed by atoms with van der Waals surface area (Å²) in [4.78, 5) is 38.6. The molecule has 1 aliphatic rings. The number of amides is 3. The van der Waals surface area contributed by atoms with Gasteiger partial charge in [-0.3, -0.25) is 14.4 Å². The number of halogens is 7. The first-order valence-electron chi connectivity index (χ1n) is 12.9. The Hall–Kier alpha value is -3.40. The molecule has 2 atom stereocenters. The molecule has 0 saturated heterocycles. The third-order valence-electron chi connectivity index (χ3n) is 6.93. The normalized spacial score (nSPS) is 16.6. The van der Waals surface area contributed by atoms with E-state index in [0.29, 0.717) is 16.1 Å². The minimum atomic E-state index is -1.41. The van der Waals surface area contributed by atoms with Gasteiger partial charge in [0.2, 0.25) is 11.8 Å². The molecular weight excluding hydrogens is 678 g/mol. The maximum atomic E-state index is 15.3. The van der Waals surface area contributed by atoms with Crippen molar-refractivity contribution in [2.24, 2.45) is 5.92 Å². The number of nitrogens with one attached hydrogen (secondary N) is 3. The molecule has 3 N–H and O–H groups in total. The summed E-state index contributed by atoms with van der Waals surface area (Å²) < 4.78 is 28.3. The molecule has 44 heavy (non-hydrogen) atoms. The van der Waals surface area contributed by atoms with Crippen molar-refractivity contribution in [1.29, 1.82) is 0 Å². The SMILES string of the molecule is O=C(Cc1ccccc1)Nc1c(F)ccc(NC(=O)c2cc(NC(=O)C3[C@H](c4ccc(Cl)c(Cl)c4)C3(Cl)Cl)ccc2Cl)c1F. The Kier molecular flexibility index (Phi) is 9.39. The van der Waals surface area contributed by atoms with E-state index in [9.17, 15) is 18.8 Å². The van der Waals surface area contributed by atoms with Crippen molar-refractivity contribution >= 4 is 92.8 Å². The lowest BCUT2D eigenvalue weighted by Crippen LogP contribution is -2.19. The van der Waals surface area contributed by atoms with Crippen LogP contribution in [0.25, 0.3) is 0 Å². The molecule has 1 fully saturated rings. The van der Waals surface area contributed by atoms with Crippen molar-refractivity contribution in [3.8, 4) is 0 Å². The summed E-state index contributed by atoms with van der Waals surface area (Å²) in [6, 6.07) is 19.5. The van der Waals surface area contributed by atoms with Crippen molar-refractivity contribution in [1.82, 2.24) is 0 Å². The maximum Gasteiger partial charge on any atom is 0.257 e. The Bertz CT molecular complexity index is 1790. The second kappa shape index (κ2) is 12.9. The Balaban J connectivity index is 1.29. The summed E-state index contributed by atoms with van der Waals surface area (Å²) in [7, 11) is 0. The number of anilines is 3. The summed E-state index contributed by atoms with van der Waals surface area (Å²) in [6.07, 6.45) is -0.117. The van der Waals surface area contributed by atoms with E-state index in [4.69, 9.17) is 58.0 Å². The number of hydrogen-bond acceptors (Lipinski definition) is 3. The third-order valence-corrected chi connectivity index (χ3v) is 8.94. The van der Waals surface area contributed by atoms with Crippen LogP contribution in [0.15, 0.2) is 78.9 Å². The highest BCUT2D eigenvalue weighted by atomic mass is 35.5. The Morgan fingerprint density at radius 1 is 0.773 bits per heavy atom. The molecular formula is C31H20Cl5F2N3O3. The van der Waals surface area contributed by atoms with Crippen LogP contribution < -0.4 is 16.0 Å². The maximum absolute atomic E-state index is 15.3. The molecule has 4 aromatic carbocycles. The van der Waals surface area contributed by atoms with Gasteiger partial charge in [-0.2, -0.15) is 0 Å². The van der Waals surface area contributed by atoms with Crippen LogP contribution in [-0.4, -0.2) is 22.1 Å². The zero-order chi connectivity index (χ0) is 31.8. The van der Waals surface area contributed by atoms with E-state index in [0.717, 1.165) is 12.1 Å². The summed E-state index contributed by atoms with van der Waals surface area (Å²) in [5, 5.41) is 7.82. The topological polar surface area (TPSA) is 87.3 Å². The lowest BCUT2D eigenvalue weighted by molar-refractivity contribution is -0.117. The van der Waals surface area contributed by atoms with Gasteiger partial charge in [0.05, 0.1) is 38.7 Å². The van der Waals surface area contributed by atoms with E-state index >= 15 is 4.39 Å². The van der Waals surface area contributed by atoms with Gasteiger partial charge >= 0.3 is 0 Å². The van der Waals surface area contributed by atoms with Gasteiger partial charge in [-0.1, -0.05) is 71.2 Å². The van der Waals surface area contributed by atoms with E-state index in [1.54, 1.807) is 48.5 Å². The summed E-state index contributed by atoms with van der Waals surface area (Å²) in [6.45, 7) is 0. The second-order valence-corrected chi connectivity index (χ2v) is 12.6. The van der Waals surface area contributed by atoms with Crippen molar-refractivity contribution < 1.29 is 23.2 Å². The molecule has 226 valence electrons. The van der Waals surface area contributed by atoms with Crippen LogP contribution in [0.4, 0.5) is 25.8 Å². The van der Waals surface area contributed by atoms with Crippen LogP contribution in [0.1, 0.15) is 27.4 Å². The third kappa shape index (κ3) is 6.80. The van der Waals surface area contributed by atoms with Crippen molar-refractivity contribution in [3.63, 3.8) is 0 Å². The molecule has 1 saturated carbocycles. The van der Waals surface area contributed by atoms with Crippen LogP contribution in [0.2, 0.25) is 15.1 Å². The molecule has 0 aliphatic heterocycles. The van der Waals surface area contributed by atoms with Gasteiger partial charge in [0.1, 0.15) is 15.8 Å². The van der Waals surface area contributed by atoms with Gasteiger partial charge < -0.3 is 16.0 Å². The minimum Gasteiger partial charge on any atom is -0.326 e. The average molecular weight is 698 g/mol. The van der Waals surface area contributed by atoms with Crippen LogP contribution >= 0.6 is 58.0 Å². The predicted octanol–water partition coefficient (Wildman–Crippen LogP) is 8.88. The van der Waals surface area contributed by atoms with Crippen LogP contribution in [0.3, 0.4) is 0 Å². The highest BCUT2D eigenvalue weighted by Gasteiger charge is 2.67. The number of benzene rings is 4. The first-order chi connectivity index (χ1) is 20.9. The Labute approximate surface area is 275 Å². The van der Waals surface area contributed by atoms with Gasteiger partial charge in [-0.05, 0) is 53.6 Å². The number of carbonyl (C=O) groups is 3. The molecule has 0 heterocycles. The van der Waals surface area contributed by atoms with E-state index < -0.39 is 56.9 Å². The second-order valence-electron chi connectivity index (χ2n) is 9.94. The summed E-state index contributed by atoms with van der Waals surface area (Å²) in [5.41, 5.74) is 0.199. The molecule has 0 spiro atoms. The number of rotatable bonds is 8. The quantitative estimate of drug-likeness (QED) is 0.161. The van der Waals surface area contributed by atoms with E-state index in [-0.39, 0.29) is 27.7 Å². The number of hydrogen-bond donors (Lipinski definition) is 3. The van der Waals surface area contributed by atoms with E-state index in [1.807, 2.05) is 0 Å². The lowest BCUT2D eigenvalue weighted by atomic mass is 10.1. The first kappa shape index (κ1) is 32.0. The molecule has 6 nitrogen and oxygen atoms in total. The van der Waals surface area contributed by atoms with Crippen molar-refractivity contribution in [3.05, 3.63) is 122 Å². The van der Waals surface area contributed by atoms with Gasteiger partial charge in [-0.25, -0.2) is 8.78 Å². The summed E-state index contributed by atoms with van der Waals surface area (Å²) in [5.74, 6) is -5.68. The first-order valence-corrected chi connectivity index (χ1v) is 14.8. The highest BCUT2D eigenvalue weighted by Crippen LogP contribution is 2.65. The lowest BCUT2D eigenvalue weighted by Gasteiger charge is -2.13. The average Bonchev–Trinajstić information content (AvgIpc) is 3.57.